The Morgan fingerprint density at radius 1 is 1.53 bits per heavy atom. The van der Waals surface area contributed by atoms with E-state index in [0.717, 1.165) is 5.56 Å². The van der Waals surface area contributed by atoms with Crippen molar-refractivity contribution in [1.29, 1.82) is 0 Å². The van der Waals surface area contributed by atoms with Crippen LogP contribution in [0.1, 0.15) is 31.7 Å². The first-order valence-corrected chi connectivity index (χ1v) is 5.73. The van der Waals surface area contributed by atoms with Crippen molar-refractivity contribution in [3.63, 3.8) is 0 Å². The van der Waals surface area contributed by atoms with E-state index >= 15 is 0 Å². The van der Waals surface area contributed by atoms with Gasteiger partial charge in [-0.3, -0.25) is 4.79 Å². The number of carbonyl (C=O) groups excluding carboxylic acids is 1. The van der Waals surface area contributed by atoms with Crippen molar-refractivity contribution in [3.05, 3.63) is 23.8 Å². The first kappa shape index (κ1) is 13.4. The maximum Gasteiger partial charge on any atom is 0.306 e. The fourth-order valence-electron chi connectivity index (χ4n) is 1.72. The number of hydrogen-bond acceptors (Lipinski definition) is 4. The molecule has 0 unspecified atom stereocenters. The highest BCUT2D eigenvalue weighted by Gasteiger charge is 2.26. The van der Waals surface area contributed by atoms with Crippen LogP contribution in [0.5, 0.6) is 11.5 Å². The first-order valence-electron chi connectivity index (χ1n) is 5.73. The number of methoxy groups -OCH3 is 1. The minimum absolute atomic E-state index is 0.0352. The highest BCUT2D eigenvalue weighted by molar-refractivity contribution is 5.71. The average Bonchev–Trinajstić information content (AvgIpc) is 2.74. The quantitative estimate of drug-likeness (QED) is 0.804. The molecule has 1 aliphatic heterocycles. The zero-order valence-corrected chi connectivity index (χ0v) is 10.4. The van der Waals surface area contributed by atoms with Crippen molar-refractivity contribution in [2.75, 3.05) is 13.7 Å². The molecule has 1 aromatic rings. The smallest absolute Gasteiger partial charge is 0.306 e. The normalized spacial score (nSPS) is 16.3. The van der Waals surface area contributed by atoms with Crippen molar-refractivity contribution in [1.82, 2.24) is 0 Å². The van der Waals surface area contributed by atoms with Gasteiger partial charge in [-0.05, 0) is 6.07 Å². The first-order chi connectivity index (χ1) is 8.20. The molecule has 0 aromatic heterocycles. The van der Waals surface area contributed by atoms with Crippen molar-refractivity contribution in [2.45, 2.75) is 26.2 Å². The van der Waals surface area contributed by atoms with Gasteiger partial charge in [0.2, 0.25) is 0 Å². The van der Waals surface area contributed by atoms with E-state index in [-0.39, 0.29) is 17.6 Å². The van der Waals surface area contributed by atoms with Gasteiger partial charge < -0.3 is 14.6 Å². The van der Waals surface area contributed by atoms with Gasteiger partial charge in [0, 0.05) is 17.5 Å². The van der Waals surface area contributed by atoms with Gasteiger partial charge >= 0.3 is 5.97 Å². The number of carbonyl (C=O) groups is 1. The minimum atomic E-state index is -0.246. The molecule has 94 valence electrons. The Morgan fingerprint density at radius 3 is 2.88 bits per heavy atom. The van der Waals surface area contributed by atoms with Crippen LogP contribution in [-0.2, 0) is 9.53 Å². The fraction of sp³-hybridized carbons (Fsp3) is 0.462. The second-order valence-electron chi connectivity index (χ2n) is 3.51. The summed E-state index contributed by atoms with van der Waals surface area (Å²) in [6.07, 6.45) is 0.314. The minimum Gasteiger partial charge on any atom is -0.508 e. The molecular formula is C13H18O4. The predicted molar refractivity (Wildman–Crippen MR) is 64.3 cm³/mol. The molecule has 0 amide bonds. The van der Waals surface area contributed by atoms with Crippen LogP contribution in [0.2, 0.25) is 0 Å². The maximum atomic E-state index is 11.1. The van der Waals surface area contributed by atoms with E-state index in [1.807, 2.05) is 13.8 Å². The van der Waals surface area contributed by atoms with E-state index in [2.05, 4.69) is 4.74 Å². The van der Waals surface area contributed by atoms with E-state index in [0.29, 0.717) is 18.8 Å². The molecule has 1 aliphatic rings. The number of esters is 1. The Bertz CT molecular complexity index is 387. The van der Waals surface area contributed by atoms with E-state index < -0.39 is 0 Å². The third-order valence-electron chi connectivity index (χ3n) is 2.52. The Hall–Kier alpha value is -1.71. The van der Waals surface area contributed by atoms with Gasteiger partial charge in [-0.1, -0.05) is 19.9 Å². The summed E-state index contributed by atoms with van der Waals surface area (Å²) in [4.78, 5) is 11.1. The summed E-state index contributed by atoms with van der Waals surface area (Å²) in [5.41, 5.74) is 0.957. The second-order valence-corrected chi connectivity index (χ2v) is 3.51. The maximum absolute atomic E-state index is 11.1. The van der Waals surface area contributed by atoms with Gasteiger partial charge in [0.1, 0.15) is 11.5 Å². The SMILES string of the molecule is CC.COC(=O)C[C@@H]1COc2cc(O)ccc21. The standard InChI is InChI=1S/C11H12O4.C2H6/c1-14-11(13)4-7-6-15-10-5-8(12)2-3-9(7)10;1-2/h2-3,5,7,12H,4,6H2,1H3;1-2H3/t7-;/m1./s1. The zero-order chi connectivity index (χ0) is 12.8. The molecule has 0 aliphatic carbocycles. The highest BCUT2D eigenvalue weighted by Crippen LogP contribution is 2.37. The Morgan fingerprint density at radius 2 is 2.24 bits per heavy atom. The van der Waals surface area contributed by atoms with Crippen LogP contribution in [0.25, 0.3) is 0 Å². The molecule has 2 rings (SSSR count). The van der Waals surface area contributed by atoms with Crippen molar-refractivity contribution >= 4 is 5.97 Å². The number of ether oxygens (including phenoxy) is 2. The van der Waals surface area contributed by atoms with E-state index in [9.17, 15) is 9.90 Å². The van der Waals surface area contributed by atoms with Crippen LogP contribution in [0.4, 0.5) is 0 Å². The molecule has 1 N–H and O–H groups in total. The molecule has 0 saturated heterocycles. The third-order valence-corrected chi connectivity index (χ3v) is 2.52. The van der Waals surface area contributed by atoms with Gasteiger partial charge in [0.15, 0.2) is 0 Å². The molecule has 4 heteroatoms. The molecule has 4 nitrogen and oxygen atoms in total. The summed E-state index contributed by atoms with van der Waals surface area (Å²) in [7, 11) is 1.37. The van der Waals surface area contributed by atoms with Crippen LogP contribution < -0.4 is 4.74 Å². The molecule has 0 fully saturated rings. The molecular weight excluding hydrogens is 220 g/mol. The zero-order valence-electron chi connectivity index (χ0n) is 10.4. The molecule has 0 saturated carbocycles. The Labute approximate surface area is 101 Å². The monoisotopic (exact) mass is 238 g/mol. The molecule has 17 heavy (non-hydrogen) atoms. The van der Waals surface area contributed by atoms with Crippen LogP contribution in [0.15, 0.2) is 18.2 Å². The molecule has 1 atom stereocenters. The lowest BCUT2D eigenvalue weighted by Crippen LogP contribution is -2.09. The Balaban J connectivity index is 0.000000686. The van der Waals surface area contributed by atoms with E-state index in [1.54, 1.807) is 18.2 Å². The third kappa shape index (κ3) is 3.12. The molecule has 1 aromatic carbocycles. The number of aromatic hydroxyl groups is 1. The topological polar surface area (TPSA) is 55.8 Å². The summed E-state index contributed by atoms with van der Waals surface area (Å²) in [5, 5.41) is 9.24. The van der Waals surface area contributed by atoms with E-state index in [1.165, 1.54) is 7.11 Å². The van der Waals surface area contributed by atoms with Crippen molar-refractivity contribution in [3.8, 4) is 11.5 Å². The van der Waals surface area contributed by atoms with Crippen molar-refractivity contribution in [2.24, 2.45) is 0 Å². The largest absolute Gasteiger partial charge is 0.508 e. The van der Waals surface area contributed by atoms with Gasteiger partial charge in [0.25, 0.3) is 0 Å². The van der Waals surface area contributed by atoms with Crippen LogP contribution >= 0.6 is 0 Å². The number of hydrogen-bond donors (Lipinski definition) is 1. The molecule has 0 spiro atoms. The molecule has 0 bridgehead atoms. The highest BCUT2D eigenvalue weighted by atomic mass is 16.5. The lowest BCUT2D eigenvalue weighted by molar-refractivity contribution is -0.141. The van der Waals surface area contributed by atoms with Crippen LogP contribution in [-0.4, -0.2) is 24.8 Å². The van der Waals surface area contributed by atoms with Gasteiger partial charge in [-0.2, -0.15) is 0 Å². The number of fused-ring (bicyclic) bond motifs is 1. The summed E-state index contributed by atoms with van der Waals surface area (Å²) in [6, 6.07) is 4.94. The lowest BCUT2D eigenvalue weighted by atomic mass is 9.98. The van der Waals surface area contributed by atoms with Gasteiger partial charge in [0.05, 0.1) is 20.1 Å². The second kappa shape index (κ2) is 6.13. The van der Waals surface area contributed by atoms with Crippen LogP contribution in [0.3, 0.4) is 0 Å². The van der Waals surface area contributed by atoms with Crippen LogP contribution in [0, 0.1) is 0 Å². The number of benzene rings is 1. The molecule has 1 heterocycles. The summed E-state index contributed by atoms with van der Waals surface area (Å²) in [5.74, 6) is 0.619. The lowest BCUT2D eigenvalue weighted by Gasteiger charge is -2.06. The van der Waals surface area contributed by atoms with Crippen molar-refractivity contribution < 1.29 is 19.4 Å². The summed E-state index contributed by atoms with van der Waals surface area (Å²) in [6.45, 7) is 4.47. The number of rotatable bonds is 2. The Kier molecular flexibility index (Phi) is 4.82. The fourth-order valence-corrected chi connectivity index (χ4v) is 1.72. The summed E-state index contributed by atoms with van der Waals surface area (Å²) >= 11 is 0. The average molecular weight is 238 g/mol. The number of phenols is 1. The summed E-state index contributed by atoms with van der Waals surface area (Å²) < 4.78 is 9.98. The van der Waals surface area contributed by atoms with Gasteiger partial charge in [-0.15, -0.1) is 0 Å². The molecule has 0 radical (unpaired) electrons. The predicted octanol–water partition coefficient (Wildman–Crippen LogP) is 2.46. The van der Waals surface area contributed by atoms with E-state index in [4.69, 9.17) is 4.74 Å². The van der Waals surface area contributed by atoms with Gasteiger partial charge in [-0.25, -0.2) is 0 Å². The number of phenolic OH excluding ortho intramolecular Hbond substituents is 1.